The summed E-state index contributed by atoms with van der Waals surface area (Å²) in [6.07, 6.45) is 0. The fraction of sp³-hybridized carbons (Fsp3) is 0. The summed E-state index contributed by atoms with van der Waals surface area (Å²) >= 11 is 0. The molecule has 0 saturated carbocycles. The molecule has 1 rings (SSSR count). The lowest BCUT2D eigenvalue weighted by molar-refractivity contribution is 0.0994. The molecular weight excluding hydrogens is 196 g/mol. The zero-order valence-corrected chi connectivity index (χ0v) is 7.15. The van der Waals surface area contributed by atoms with Crippen LogP contribution in [0, 0.1) is 0 Å². The fourth-order valence-corrected chi connectivity index (χ4v) is 1.02. The number of hydrogen-bond donors (Lipinski definition) is 2. The quantitative estimate of drug-likeness (QED) is 0.585. The van der Waals surface area contributed by atoms with Gasteiger partial charge in [-0.1, -0.05) is 0 Å². The molecule has 70 valence electrons. The Labute approximate surface area is 73.8 Å². The zero-order chi connectivity index (χ0) is 10.1. The third-order valence-electron chi connectivity index (χ3n) is 1.18. The van der Waals surface area contributed by atoms with Gasteiger partial charge in [0.05, 0.1) is 0 Å². The molecule has 0 aliphatic heterocycles. The molecule has 0 aromatic carbocycles. The van der Waals surface area contributed by atoms with Gasteiger partial charge in [0.1, 0.15) is 0 Å². The number of carbonyl (C=O) groups is 1. The van der Waals surface area contributed by atoms with E-state index in [9.17, 15) is 13.2 Å². The summed E-state index contributed by atoms with van der Waals surface area (Å²) in [4.78, 5) is 10.5. The van der Waals surface area contributed by atoms with Crippen molar-refractivity contribution in [3.63, 3.8) is 0 Å². The lowest BCUT2D eigenvalue weighted by Gasteiger charge is -1.95. The highest BCUT2D eigenvalue weighted by Gasteiger charge is 2.11. The first kappa shape index (κ1) is 9.55. The normalized spacial score (nSPS) is 11.2. The van der Waals surface area contributed by atoms with Crippen LogP contribution in [-0.2, 0) is 10.0 Å². The molecule has 8 heteroatoms. The van der Waals surface area contributed by atoms with Crippen LogP contribution in [0.1, 0.15) is 10.5 Å². The molecule has 0 atom stereocenters. The van der Waals surface area contributed by atoms with Gasteiger partial charge in [-0.05, 0) is 12.1 Å². The molecule has 0 radical (unpaired) electrons. The maximum atomic E-state index is 10.7. The van der Waals surface area contributed by atoms with Crippen molar-refractivity contribution in [2.45, 2.75) is 5.03 Å². The van der Waals surface area contributed by atoms with Crippen molar-refractivity contribution in [1.82, 2.24) is 10.2 Å². The Balaban J connectivity index is 3.16. The van der Waals surface area contributed by atoms with Gasteiger partial charge in [0, 0.05) is 0 Å². The second-order valence-corrected chi connectivity index (χ2v) is 3.67. The van der Waals surface area contributed by atoms with E-state index in [2.05, 4.69) is 10.2 Å². The molecule has 0 spiro atoms. The fourth-order valence-electron chi connectivity index (χ4n) is 0.603. The van der Waals surface area contributed by atoms with Gasteiger partial charge in [-0.3, -0.25) is 4.79 Å². The van der Waals surface area contributed by atoms with E-state index >= 15 is 0 Å². The summed E-state index contributed by atoms with van der Waals surface area (Å²) in [5.74, 6) is -0.784. The molecule has 0 fully saturated rings. The third kappa shape index (κ3) is 2.20. The molecule has 0 aliphatic carbocycles. The van der Waals surface area contributed by atoms with E-state index < -0.39 is 21.0 Å². The predicted octanol–water partition coefficient (Wildman–Crippen LogP) is -1.78. The summed E-state index contributed by atoms with van der Waals surface area (Å²) in [5.41, 5.74) is 4.73. The molecular formula is C5H6N4O3S. The molecule has 1 aromatic rings. The minimum atomic E-state index is -3.87. The van der Waals surface area contributed by atoms with E-state index in [4.69, 9.17) is 10.9 Å². The SMILES string of the molecule is NC(=O)c1ccc(S(N)(=O)=O)nn1. The van der Waals surface area contributed by atoms with Crippen LogP contribution in [-0.4, -0.2) is 24.5 Å². The summed E-state index contributed by atoms with van der Waals surface area (Å²) in [5, 5.41) is 10.8. The van der Waals surface area contributed by atoms with E-state index in [1.54, 1.807) is 0 Å². The third-order valence-corrected chi connectivity index (χ3v) is 1.98. The zero-order valence-electron chi connectivity index (χ0n) is 6.34. The smallest absolute Gasteiger partial charge is 0.269 e. The van der Waals surface area contributed by atoms with Gasteiger partial charge in [-0.15, -0.1) is 10.2 Å². The highest BCUT2D eigenvalue weighted by molar-refractivity contribution is 7.89. The first-order valence-electron chi connectivity index (χ1n) is 3.07. The molecule has 0 unspecified atom stereocenters. The van der Waals surface area contributed by atoms with Crippen LogP contribution in [0.15, 0.2) is 17.2 Å². The van der Waals surface area contributed by atoms with Gasteiger partial charge in [0.2, 0.25) is 0 Å². The second kappa shape index (κ2) is 3.07. The van der Waals surface area contributed by atoms with Crippen molar-refractivity contribution in [3.05, 3.63) is 17.8 Å². The largest absolute Gasteiger partial charge is 0.364 e. The molecule has 4 N–H and O–H groups in total. The number of aromatic nitrogens is 2. The number of hydrogen-bond acceptors (Lipinski definition) is 5. The molecule has 1 aromatic heterocycles. The number of rotatable bonds is 2. The molecule has 13 heavy (non-hydrogen) atoms. The number of primary sulfonamides is 1. The predicted molar refractivity (Wildman–Crippen MR) is 41.9 cm³/mol. The standard InChI is InChI=1S/C5H6N4O3S/c6-5(10)3-1-2-4(9-8-3)13(7,11)12/h1-2H,(H2,6,10)(H2,7,11,12). The van der Waals surface area contributed by atoms with E-state index in [1.807, 2.05) is 0 Å². The molecule has 0 bridgehead atoms. The average Bonchev–Trinajstić information content (AvgIpc) is 2.03. The molecule has 0 saturated heterocycles. The van der Waals surface area contributed by atoms with Crippen LogP contribution < -0.4 is 10.9 Å². The Morgan fingerprint density at radius 2 is 1.92 bits per heavy atom. The van der Waals surface area contributed by atoms with E-state index in [0.29, 0.717) is 0 Å². The van der Waals surface area contributed by atoms with Crippen LogP contribution in [0.5, 0.6) is 0 Å². The number of carbonyl (C=O) groups excluding carboxylic acids is 1. The number of primary amides is 1. The lowest BCUT2D eigenvalue weighted by atomic mass is 10.4. The molecule has 7 nitrogen and oxygen atoms in total. The van der Waals surface area contributed by atoms with Gasteiger partial charge in [-0.25, -0.2) is 13.6 Å². The van der Waals surface area contributed by atoms with Gasteiger partial charge < -0.3 is 5.73 Å². The Hall–Kier alpha value is -1.54. The van der Waals surface area contributed by atoms with E-state index in [1.165, 1.54) is 0 Å². The second-order valence-electron chi connectivity index (χ2n) is 2.17. The number of sulfonamides is 1. The molecule has 1 heterocycles. The lowest BCUT2D eigenvalue weighted by Crippen LogP contribution is -2.18. The monoisotopic (exact) mass is 202 g/mol. The first-order valence-corrected chi connectivity index (χ1v) is 4.62. The molecule has 0 aliphatic rings. The van der Waals surface area contributed by atoms with Gasteiger partial charge >= 0.3 is 0 Å². The van der Waals surface area contributed by atoms with Crippen LogP contribution >= 0.6 is 0 Å². The molecule has 1 amide bonds. The minimum absolute atomic E-state index is 0.118. The van der Waals surface area contributed by atoms with Crippen LogP contribution in [0.2, 0.25) is 0 Å². The van der Waals surface area contributed by atoms with Crippen molar-refractivity contribution >= 4 is 15.9 Å². The van der Waals surface area contributed by atoms with E-state index in [-0.39, 0.29) is 5.69 Å². The number of nitrogens with two attached hydrogens (primary N) is 2. The highest BCUT2D eigenvalue weighted by atomic mass is 32.2. The maximum absolute atomic E-state index is 10.7. The Morgan fingerprint density at radius 1 is 1.31 bits per heavy atom. The Bertz CT molecular complexity index is 424. The Kier molecular flexibility index (Phi) is 2.26. The summed E-state index contributed by atoms with van der Waals surface area (Å²) < 4.78 is 21.3. The summed E-state index contributed by atoms with van der Waals surface area (Å²) in [6.45, 7) is 0. The maximum Gasteiger partial charge on any atom is 0.269 e. The Morgan fingerprint density at radius 3 is 2.23 bits per heavy atom. The highest BCUT2D eigenvalue weighted by Crippen LogP contribution is 2.00. The van der Waals surface area contributed by atoms with Gasteiger partial charge in [-0.2, -0.15) is 0 Å². The number of amides is 1. The van der Waals surface area contributed by atoms with Crippen molar-refractivity contribution in [2.24, 2.45) is 10.9 Å². The summed E-state index contributed by atoms with van der Waals surface area (Å²) in [7, 11) is -3.87. The number of nitrogens with zero attached hydrogens (tertiary/aromatic N) is 2. The average molecular weight is 202 g/mol. The van der Waals surface area contributed by atoms with Crippen molar-refractivity contribution in [3.8, 4) is 0 Å². The van der Waals surface area contributed by atoms with Crippen LogP contribution in [0.3, 0.4) is 0 Å². The first-order chi connectivity index (χ1) is 5.91. The van der Waals surface area contributed by atoms with Crippen LogP contribution in [0.4, 0.5) is 0 Å². The van der Waals surface area contributed by atoms with Gasteiger partial charge in [0.15, 0.2) is 10.7 Å². The van der Waals surface area contributed by atoms with Crippen molar-refractivity contribution < 1.29 is 13.2 Å². The van der Waals surface area contributed by atoms with Gasteiger partial charge in [0.25, 0.3) is 15.9 Å². The van der Waals surface area contributed by atoms with Crippen LogP contribution in [0.25, 0.3) is 0 Å². The topological polar surface area (TPSA) is 129 Å². The summed E-state index contributed by atoms with van der Waals surface area (Å²) in [6, 6.07) is 2.19. The van der Waals surface area contributed by atoms with E-state index in [0.717, 1.165) is 12.1 Å². The minimum Gasteiger partial charge on any atom is -0.364 e. The van der Waals surface area contributed by atoms with Crippen molar-refractivity contribution in [2.75, 3.05) is 0 Å². The van der Waals surface area contributed by atoms with Crippen molar-refractivity contribution in [1.29, 1.82) is 0 Å².